The van der Waals surface area contributed by atoms with Crippen LogP contribution >= 0.6 is 0 Å². The van der Waals surface area contributed by atoms with Gasteiger partial charge in [-0.3, -0.25) is 4.79 Å². The van der Waals surface area contributed by atoms with Crippen LogP contribution < -0.4 is 5.32 Å². The van der Waals surface area contributed by atoms with Crippen LogP contribution in [-0.4, -0.2) is 28.0 Å². The van der Waals surface area contributed by atoms with Crippen molar-refractivity contribution >= 4 is 11.9 Å². The standard InChI is InChI=1S/C15H16N2O4/c1-9(2)13(15(19)20)17-14(18)11-5-3-10(4-6-11)12-7-16-8-21-12/h3-9,13H,1-2H3,(H,17,18)(H,19,20)/t13-/m1/s1. The molecule has 1 aromatic carbocycles. The maximum absolute atomic E-state index is 12.1. The van der Waals surface area contributed by atoms with Crippen LogP contribution in [0, 0.1) is 5.92 Å². The van der Waals surface area contributed by atoms with Gasteiger partial charge in [-0.05, 0) is 18.1 Å². The molecule has 2 N–H and O–H groups in total. The summed E-state index contributed by atoms with van der Waals surface area (Å²) in [5, 5.41) is 11.6. The summed E-state index contributed by atoms with van der Waals surface area (Å²) in [5.41, 5.74) is 1.19. The number of carboxylic acid groups (broad SMARTS) is 1. The van der Waals surface area contributed by atoms with Gasteiger partial charge < -0.3 is 14.8 Å². The maximum Gasteiger partial charge on any atom is 0.326 e. The fourth-order valence-electron chi connectivity index (χ4n) is 1.88. The Morgan fingerprint density at radius 3 is 2.38 bits per heavy atom. The number of amides is 1. The third kappa shape index (κ3) is 3.47. The molecule has 0 aliphatic carbocycles. The quantitative estimate of drug-likeness (QED) is 0.879. The van der Waals surface area contributed by atoms with Crippen LogP contribution in [0.3, 0.4) is 0 Å². The number of carbonyl (C=O) groups is 2. The normalized spacial score (nSPS) is 12.1. The molecule has 2 aromatic rings. The van der Waals surface area contributed by atoms with Crippen molar-refractivity contribution in [2.24, 2.45) is 5.92 Å². The van der Waals surface area contributed by atoms with E-state index in [0.29, 0.717) is 11.3 Å². The van der Waals surface area contributed by atoms with Crippen molar-refractivity contribution in [3.05, 3.63) is 42.4 Å². The molecule has 0 bridgehead atoms. The topological polar surface area (TPSA) is 92.4 Å². The number of oxazole rings is 1. The summed E-state index contributed by atoms with van der Waals surface area (Å²) >= 11 is 0. The lowest BCUT2D eigenvalue weighted by atomic mass is 10.0. The number of aromatic nitrogens is 1. The largest absolute Gasteiger partial charge is 0.480 e. The molecule has 0 aliphatic heterocycles. The molecular weight excluding hydrogens is 272 g/mol. The molecule has 6 heteroatoms. The Labute approximate surface area is 121 Å². The lowest BCUT2D eigenvalue weighted by Gasteiger charge is -2.17. The van der Waals surface area contributed by atoms with Gasteiger partial charge in [0, 0.05) is 11.1 Å². The van der Waals surface area contributed by atoms with E-state index in [1.54, 1.807) is 44.3 Å². The van der Waals surface area contributed by atoms with Crippen LogP contribution in [-0.2, 0) is 4.79 Å². The third-order valence-electron chi connectivity index (χ3n) is 3.08. The number of nitrogens with zero attached hydrogens (tertiary/aromatic N) is 1. The highest BCUT2D eigenvalue weighted by Gasteiger charge is 2.23. The summed E-state index contributed by atoms with van der Waals surface area (Å²) in [7, 11) is 0. The number of aliphatic carboxylic acids is 1. The van der Waals surface area contributed by atoms with Gasteiger partial charge in [-0.25, -0.2) is 9.78 Å². The highest BCUT2D eigenvalue weighted by molar-refractivity contribution is 5.97. The van der Waals surface area contributed by atoms with Crippen molar-refractivity contribution in [2.75, 3.05) is 0 Å². The molecule has 0 unspecified atom stereocenters. The van der Waals surface area contributed by atoms with Crippen LogP contribution in [0.15, 0.2) is 41.3 Å². The Bertz CT molecular complexity index is 618. The van der Waals surface area contributed by atoms with Gasteiger partial charge in [0.2, 0.25) is 0 Å². The molecule has 0 saturated heterocycles. The zero-order chi connectivity index (χ0) is 15.4. The Balaban J connectivity index is 2.11. The minimum Gasteiger partial charge on any atom is -0.480 e. The Hall–Kier alpha value is -2.63. The van der Waals surface area contributed by atoms with Gasteiger partial charge in [-0.2, -0.15) is 0 Å². The number of rotatable bonds is 5. The lowest BCUT2D eigenvalue weighted by molar-refractivity contribution is -0.140. The molecule has 2 rings (SSSR count). The second-order valence-electron chi connectivity index (χ2n) is 4.98. The van der Waals surface area contributed by atoms with E-state index < -0.39 is 17.9 Å². The van der Waals surface area contributed by atoms with E-state index in [0.717, 1.165) is 5.56 Å². The van der Waals surface area contributed by atoms with Crippen LogP contribution in [0.1, 0.15) is 24.2 Å². The van der Waals surface area contributed by atoms with Gasteiger partial charge in [0.05, 0.1) is 6.20 Å². The van der Waals surface area contributed by atoms with Crippen LogP contribution in [0.2, 0.25) is 0 Å². The zero-order valence-corrected chi connectivity index (χ0v) is 11.7. The summed E-state index contributed by atoms with van der Waals surface area (Å²) in [5.74, 6) is -1.05. The van der Waals surface area contributed by atoms with E-state index in [1.165, 1.54) is 6.39 Å². The summed E-state index contributed by atoms with van der Waals surface area (Å²) in [6, 6.07) is 5.77. The van der Waals surface area contributed by atoms with E-state index in [4.69, 9.17) is 9.52 Å². The fraction of sp³-hybridized carbons (Fsp3) is 0.267. The van der Waals surface area contributed by atoms with Crippen LogP contribution in [0.5, 0.6) is 0 Å². The van der Waals surface area contributed by atoms with Crippen molar-refractivity contribution in [1.82, 2.24) is 10.3 Å². The van der Waals surface area contributed by atoms with Gasteiger partial charge in [-0.1, -0.05) is 26.0 Å². The van der Waals surface area contributed by atoms with Gasteiger partial charge in [0.1, 0.15) is 6.04 Å². The maximum atomic E-state index is 12.1. The molecule has 0 radical (unpaired) electrons. The fourth-order valence-corrected chi connectivity index (χ4v) is 1.88. The molecule has 0 saturated carbocycles. The Morgan fingerprint density at radius 1 is 1.24 bits per heavy atom. The summed E-state index contributed by atoms with van der Waals surface area (Å²) < 4.78 is 5.16. The number of hydrogen-bond acceptors (Lipinski definition) is 4. The number of nitrogens with one attached hydrogen (secondary N) is 1. The molecule has 0 fully saturated rings. The summed E-state index contributed by atoms with van der Waals surface area (Å²) in [6.45, 7) is 3.48. The molecule has 0 aliphatic rings. The number of carboxylic acids is 1. The van der Waals surface area contributed by atoms with Crippen molar-refractivity contribution in [1.29, 1.82) is 0 Å². The van der Waals surface area contributed by atoms with E-state index in [9.17, 15) is 9.59 Å². The Morgan fingerprint density at radius 2 is 1.90 bits per heavy atom. The highest BCUT2D eigenvalue weighted by atomic mass is 16.4. The number of carbonyl (C=O) groups excluding carboxylic acids is 1. The first-order chi connectivity index (χ1) is 9.99. The highest BCUT2D eigenvalue weighted by Crippen LogP contribution is 2.19. The molecule has 1 atom stereocenters. The summed E-state index contributed by atoms with van der Waals surface area (Å²) in [6.07, 6.45) is 2.91. The third-order valence-corrected chi connectivity index (χ3v) is 3.08. The van der Waals surface area contributed by atoms with Crippen molar-refractivity contribution in [2.45, 2.75) is 19.9 Å². The first-order valence-electron chi connectivity index (χ1n) is 6.51. The molecule has 6 nitrogen and oxygen atoms in total. The molecule has 1 aromatic heterocycles. The average molecular weight is 288 g/mol. The monoisotopic (exact) mass is 288 g/mol. The SMILES string of the molecule is CC(C)[C@@H](NC(=O)c1ccc(-c2cnco2)cc1)C(=O)O. The summed E-state index contributed by atoms with van der Waals surface area (Å²) in [4.78, 5) is 27.0. The molecule has 1 amide bonds. The minimum atomic E-state index is -1.04. The van der Waals surface area contributed by atoms with E-state index in [2.05, 4.69) is 10.3 Å². The lowest BCUT2D eigenvalue weighted by Crippen LogP contribution is -2.44. The second kappa shape index (κ2) is 6.21. The van der Waals surface area contributed by atoms with Gasteiger partial charge in [-0.15, -0.1) is 0 Å². The predicted molar refractivity (Wildman–Crippen MR) is 75.7 cm³/mol. The van der Waals surface area contributed by atoms with Gasteiger partial charge in [0.15, 0.2) is 12.2 Å². The number of hydrogen-bond donors (Lipinski definition) is 2. The van der Waals surface area contributed by atoms with E-state index in [1.807, 2.05) is 0 Å². The van der Waals surface area contributed by atoms with Gasteiger partial charge in [0.25, 0.3) is 5.91 Å². The minimum absolute atomic E-state index is 0.195. The van der Waals surface area contributed by atoms with E-state index >= 15 is 0 Å². The first-order valence-corrected chi connectivity index (χ1v) is 6.51. The van der Waals surface area contributed by atoms with Gasteiger partial charge >= 0.3 is 5.97 Å². The molecule has 0 spiro atoms. The molecule has 1 heterocycles. The first kappa shape index (κ1) is 14.8. The Kier molecular flexibility index (Phi) is 4.37. The second-order valence-corrected chi connectivity index (χ2v) is 4.98. The van der Waals surface area contributed by atoms with Crippen molar-refractivity contribution < 1.29 is 19.1 Å². The van der Waals surface area contributed by atoms with Crippen molar-refractivity contribution in [3.63, 3.8) is 0 Å². The van der Waals surface area contributed by atoms with Crippen LogP contribution in [0.25, 0.3) is 11.3 Å². The zero-order valence-electron chi connectivity index (χ0n) is 11.7. The van der Waals surface area contributed by atoms with Crippen LogP contribution in [0.4, 0.5) is 0 Å². The predicted octanol–water partition coefficient (Wildman–Crippen LogP) is 2.18. The smallest absolute Gasteiger partial charge is 0.326 e. The molecule has 110 valence electrons. The van der Waals surface area contributed by atoms with Crippen molar-refractivity contribution in [3.8, 4) is 11.3 Å². The molecule has 21 heavy (non-hydrogen) atoms. The number of benzene rings is 1. The molecular formula is C15H16N2O4. The average Bonchev–Trinajstić information content (AvgIpc) is 2.98. The van der Waals surface area contributed by atoms with E-state index in [-0.39, 0.29) is 5.92 Å².